The van der Waals surface area contributed by atoms with Crippen molar-refractivity contribution in [3.8, 4) is 11.5 Å². The zero-order valence-corrected chi connectivity index (χ0v) is 14.3. The number of amides is 1. The molecule has 0 spiro atoms. The molecule has 0 aliphatic heterocycles. The second kappa shape index (κ2) is 7.83. The first-order valence-corrected chi connectivity index (χ1v) is 7.59. The Morgan fingerprint density at radius 2 is 1.83 bits per heavy atom. The molecule has 7 heteroatoms. The summed E-state index contributed by atoms with van der Waals surface area (Å²) in [5.74, 6) is 0.419. The average molecular weight is 334 g/mol. The largest absolute Gasteiger partial charge is 0.493 e. The molecular formula is C17H22N2O5. The predicted molar refractivity (Wildman–Crippen MR) is 91.1 cm³/mol. The maximum absolute atomic E-state index is 12.2. The fourth-order valence-corrected chi connectivity index (χ4v) is 2.28. The number of fused-ring (bicyclic) bond motifs is 1. The van der Waals surface area contributed by atoms with Gasteiger partial charge in [0, 0.05) is 18.7 Å². The van der Waals surface area contributed by atoms with Crippen LogP contribution in [0.5, 0.6) is 11.5 Å². The molecule has 1 aromatic carbocycles. The maximum Gasteiger partial charge on any atom is 0.287 e. The van der Waals surface area contributed by atoms with Crippen molar-refractivity contribution in [2.24, 2.45) is 0 Å². The molecule has 130 valence electrons. The predicted octanol–water partition coefficient (Wildman–Crippen LogP) is 1.49. The minimum absolute atomic E-state index is 0.0235. The van der Waals surface area contributed by atoms with E-state index in [2.05, 4.69) is 5.32 Å². The van der Waals surface area contributed by atoms with Crippen LogP contribution in [0.25, 0.3) is 11.0 Å². The van der Waals surface area contributed by atoms with Gasteiger partial charge < -0.3 is 24.1 Å². The van der Waals surface area contributed by atoms with Crippen LogP contribution < -0.4 is 20.2 Å². The first-order valence-electron chi connectivity index (χ1n) is 7.59. The van der Waals surface area contributed by atoms with Gasteiger partial charge in [-0.1, -0.05) is 0 Å². The minimum Gasteiger partial charge on any atom is -0.493 e. The first-order chi connectivity index (χ1) is 11.5. The third-order valence-electron chi connectivity index (χ3n) is 3.52. The van der Waals surface area contributed by atoms with E-state index in [0.717, 1.165) is 13.0 Å². The Hall–Kier alpha value is -2.54. The van der Waals surface area contributed by atoms with Crippen LogP contribution in [0, 0.1) is 0 Å². The van der Waals surface area contributed by atoms with E-state index in [-0.39, 0.29) is 16.8 Å². The highest BCUT2D eigenvalue weighted by atomic mass is 16.5. The van der Waals surface area contributed by atoms with Gasteiger partial charge in [-0.3, -0.25) is 9.59 Å². The summed E-state index contributed by atoms with van der Waals surface area (Å²) in [7, 11) is 6.90. The number of ether oxygens (including phenoxy) is 2. The molecule has 2 aromatic rings. The van der Waals surface area contributed by atoms with Gasteiger partial charge in [-0.15, -0.1) is 0 Å². The number of nitrogens with one attached hydrogen (secondary N) is 1. The van der Waals surface area contributed by atoms with Crippen molar-refractivity contribution in [3.05, 3.63) is 34.2 Å². The Balaban J connectivity index is 2.26. The van der Waals surface area contributed by atoms with Gasteiger partial charge in [-0.2, -0.15) is 0 Å². The van der Waals surface area contributed by atoms with Crippen LogP contribution in [0.1, 0.15) is 17.0 Å². The Morgan fingerprint density at radius 3 is 2.46 bits per heavy atom. The quantitative estimate of drug-likeness (QED) is 0.773. The second-order valence-electron chi connectivity index (χ2n) is 5.59. The number of carbonyl (C=O) groups excluding carboxylic acids is 1. The lowest BCUT2D eigenvalue weighted by molar-refractivity contribution is 0.0925. The molecule has 0 atom stereocenters. The summed E-state index contributed by atoms with van der Waals surface area (Å²) in [6.45, 7) is 1.36. The van der Waals surface area contributed by atoms with E-state index in [0.29, 0.717) is 23.4 Å². The van der Waals surface area contributed by atoms with Crippen molar-refractivity contribution in [1.29, 1.82) is 0 Å². The third kappa shape index (κ3) is 4.05. The van der Waals surface area contributed by atoms with Gasteiger partial charge in [-0.25, -0.2) is 0 Å². The molecule has 2 rings (SSSR count). The fourth-order valence-electron chi connectivity index (χ4n) is 2.28. The molecular weight excluding hydrogens is 312 g/mol. The molecule has 0 fully saturated rings. The van der Waals surface area contributed by atoms with Crippen LogP contribution in [0.2, 0.25) is 0 Å². The van der Waals surface area contributed by atoms with Crippen LogP contribution in [0.4, 0.5) is 0 Å². The zero-order chi connectivity index (χ0) is 17.7. The molecule has 1 aromatic heterocycles. The third-order valence-corrected chi connectivity index (χ3v) is 3.52. The smallest absolute Gasteiger partial charge is 0.287 e. The van der Waals surface area contributed by atoms with E-state index in [1.807, 2.05) is 19.0 Å². The zero-order valence-electron chi connectivity index (χ0n) is 14.3. The number of nitrogens with zero attached hydrogens (tertiary/aromatic N) is 1. The molecule has 1 amide bonds. The molecule has 0 aliphatic carbocycles. The Bertz CT molecular complexity index is 782. The number of rotatable bonds is 7. The van der Waals surface area contributed by atoms with E-state index in [9.17, 15) is 9.59 Å². The van der Waals surface area contributed by atoms with Gasteiger partial charge in [0.2, 0.25) is 0 Å². The number of methoxy groups -OCH3 is 2. The van der Waals surface area contributed by atoms with Crippen LogP contribution in [-0.4, -0.2) is 52.2 Å². The van der Waals surface area contributed by atoms with Gasteiger partial charge in [0.1, 0.15) is 5.58 Å². The van der Waals surface area contributed by atoms with Crippen molar-refractivity contribution >= 4 is 16.9 Å². The molecule has 24 heavy (non-hydrogen) atoms. The summed E-state index contributed by atoms with van der Waals surface area (Å²) in [5, 5.41) is 3.07. The van der Waals surface area contributed by atoms with Gasteiger partial charge in [0.25, 0.3) is 5.91 Å². The van der Waals surface area contributed by atoms with Crippen molar-refractivity contribution in [1.82, 2.24) is 10.2 Å². The molecule has 1 N–H and O–H groups in total. The minimum atomic E-state index is -0.414. The molecule has 0 unspecified atom stereocenters. The lowest BCUT2D eigenvalue weighted by Gasteiger charge is -2.10. The Morgan fingerprint density at radius 1 is 1.17 bits per heavy atom. The van der Waals surface area contributed by atoms with Crippen molar-refractivity contribution < 1.29 is 18.7 Å². The molecule has 0 aliphatic rings. The molecule has 7 nitrogen and oxygen atoms in total. The second-order valence-corrected chi connectivity index (χ2v) is 5.59. The highest BCUT2D eigenvalue weighted by Crippen LogP contribution is 2.31. The fraction of sp³-hybridized carbons (Fsp3) is 0.412. The van der Waals surface area contributed by atoms with E-state index < -0.39 is 5.91 Å². The molecule has 0 radical (unpaired) electrons. The lowest BCUT2D eigenvalue weighted by Crippen LogP contribution is -2.27. The van der Waals surface area contributed by atoms with E-state index in [1.165, 1.54) is 20.3 Å². The Kier molecular flexibility index (Phi) is 5.81. The summed E-state index contributed by atoms with van der Waals surface area (Å²) >= 11 is 0. The molecule has 1 heterocycles. The normalized spacial score (nSPS) is 10.9. The lowest BCUT2D eigenvalue weighted by atomic mass is 10.2. The summed E-state index contributed by atoms with van der Waals surface area (Å²) in [6, 6.07) is 4.27. The highest BCUT2D eigenvalue weighted by molar-refractivity contribution is 5.93. The van der Waals surface area contributed by atoms with Crippen LogP contribution in [0.3, 0.4) is 0 Å². The van der Waals surface area contributed by atoms with E-state index in [1.54, 1.807) is 12.1 Å². The number of hydrogen-bond acceptors (Lipinski definition) is 6. The van der Waals surface area contributed by atoms with Crippen LogP contribution in [-0.2, 0) is 0 Å². The van der Waals surface area contributed by atoms with E-state index >= 15 is 0 Å². The monoisotopic (exact) mass is 334 g/mol. The van der Waals surface area contributed by atoms with Gasteiger partial charge in [0.15, 0.2) is 22.7 Å². The van der Waals surface area contributed by atoms with Gasteiger partial charge in [0.05, 0.1) is 19.6 Å². The number of benzene rings is 1. The number of hydrogen-bond donors (Lipinski definition) is 1. The summed E-state index contributed by atoms with van der Waals surface area (Å²) in [4.78, 5) is 26.4. The first kappa shape index (κ1) is 17.8. The molecule has 0 bridgehead atoms. The molecule has 0 saturated heterocycles. The van der Waals surface area contributed by atoms with Crippen molar-refractivity contribution in [2.45, 2.75) is 6.42 Å². The standard InChI is InChI=1S/C17H22N2O5/c1-19(2)7-5-6-18-17(21)16-9-12(20)11-8-14(22-3)15(23-4)10-13(11)24-16/h8-10H,5-7H2,1-4H3,(H,18,21). The summed E-state index contributed by atoms with van der Waals surface area (Å²) in [6.07, 6.45) is 0.807. The summed E-state index contributed by atoms with van der Waals surface area (Å²) < 4.78 is 15.9. The summed E-state index contributed by atoms with van der Waals surface area (Å²) in [5.41, 5.74) is -0.0331. The van der Waals surface area contributed by atoms with E-state index in [4.69, 9.17) is 13.9 Å². The van der Waals surface area contributed by atoms with Crippen molar-refractivity contribution in [3.63, 3.8) is 0 Å². The molecule has 0 saturated carbocycles. The van der Waals surface area contributed by atoms with Gasteiger partial charge in [-0.05, 0) is 33.1 Å². The average Bonchev–Trinajstić information content (AvgIpc) is 2.57. The van der Waals surface area contributed by atoms with Gasteiger partial charge >= 0.3 is 0 Å². The maximum atomic E-state index is 12.2. The highest BCUT2D eigenvalue weighted by Gasteiger charge is 2.15. The van der Waals surface area contributed by atoms with Crippen LogP contribution in [0.15, 0.2) is 27.4 Å². The van der Waals surface area contributed by atoms with Crippen molar-refractivity contribution in [2.75, 3.05) is 41.4 Å². The topological polar surface area (TPSA) is 81.0 Å². The van der Waals surface area contributed by atoms with Crippen LogP contribution >= 0.6 is 0 Å². The SMILES string of the molecule is COc1cc2oc(C(=O)NCCCN(C)C)cc(=O)c2cc1OC. The number of carbonyl (C=O) groups is 1. The Labute approximate surface area is 140 Å².